The van der Waals surface area contributed by atoms with Crippen LogP contribution in [0.3, 0.4) is 0 Å². The molecule has 1 amide bonds. The molecule has 4 rings (SSSR count). The molecule has 0 unspecified atom stereocenters. The van der Waals surface area contributed by atoms with E-state index in [1.165, 1.54) is 19.4 Å². The topological polar surface area (TPSA) is 127 Å². The van der Waals surface area contributed by atoms with Gasteiger partial charge in [-0.1, -0.05) is 6.07 Å². The van der Waals surface area contributed by atoms with E-state index in [2.05, 4.69) is 15.0 Å². The van der Waals surface area contributed by atoms with Gasteiger partial charge in [-0.3, -0.25) is 9.52 Å². The largest absolute Gasteiger partial charge is 0.480 e. The van der Waals surface area contributed by atoms with Crippen LogP contribution in [0.5, 0.6) is 5.88 Å². The second-order valence-corrected chi connectivity index (χ2v) is 10.2. The fourth-order valence-electron chi connectivity index (χ4n) is 4.06. The fourth-order valence-corrected chi connectivity index (χ4v) is 5.17. The molecule has 0 saturated carbocycles. The number of hydrogen-bond donors (Lipinski definition) is 3. The molecule has 4 N–H and O–H groups in total. The lowest BCUT2D eigenvalue weighted by Crippen LogP contribution is -2.27. The van der Waals surface area contributed by atoms with Gasteiger partial charge in [-0.15, -0.1) is 0 Å². The lowest BCUT2D eigenvalue weighted by Gasteiger charge is -2.17. The smallest absolute Gasteiger partial charge is 0.264 e. The number of anilines is 3. The van der Waals surface area contributed by atoms with Gasteiger partial charge in [-0.2, -0.15) is 0 Å². The van der Waals surface area contributed by atoms with Crippen molar-refractivity contribution in [3.05, 3.63) is 60.3 Å². The molecule has 3 aromatic rings. The summed E-state index contributed by atoms with van der Waals surface area (Å²) in [7, 11) is -3.09. The van der Waals surface area contributed by atoms with E-state index in [4.69, 9.17) is 10.5 Å². The van der Waals surface area contributed by atoms with Crippen molar-refractivity contribution in [1.29, 1.82) is 0 Å². The molecule has 0 spiro atoms. The van der Waals surface area contributed by atoms with Crippen molar-refractivity contribution in [3.63, 3.8) is 0 Å². The Morgan fingerprint density at radius 3 is 2.59 bits per heavy atom. The Kier molecular flexibility index (Phi) is 7.77. The van der Waals surface area contributed by atoms with Crippen LogP contribution >= 0.6 is 0 Å². The molecule has 2 heterocycles. The first kappa shape index (κ1) is 26.1. The predicted molar refractivity (Wildman–Crippen MR) is 137 cm³/mol. The molecule has 12 heteroatoms. The van der Waals surface area contributed by atoms with E-state index in [0.717, 1.165) is 31.5 Å². The number of carbonyl (C=O) groups is 1. The van der Waals surface area contributed by atoms with Crippen LogP contribution in [0.1, 0.15) is 19.3 Å². The maximum atomic E-state index is 14.1. The minimum absolute atomic E-state index is 0.0228. The van der Waals surface area contributed by atoms with Crippen LogP contribution in [0.25, 0.3) is 11.1 Å². The van der Waals surface area contributed by atoms with Crippen LogP contribution in [0.15, 0.2) is 53.6 Å². The number of nitrogen functional groups attached to an aromatic ring is 1. The highest BCUT2D eigenvalue weighted by Gasteiger charge is 2.22. The number of methoxy groups -OCH3 is 1. The SMILES string of the molecule is COc1ncc(-c2ccc(N)c(NCCCN3CCCC3=O)c2)cc1NS(=O)(=O)c1ccc(F)cc1F. The average Bonchev–Trinajstić information content (AvgIpc) is 3.26. The molecule has 1 aliphatic heterocycles. The molecule has 1 saturated heterocycles. The van der Waals surface area contributed by atoms with Crippen LogP contribution in [0, 0.1) is 11.6 Å². The number of amides is 1. The van der Waals surface area contributed by atoms with E-state index in [1.54, 1.807) is 18.2 Å². The number of halogens is 2. The Morgan fingerprint density at radius 1 is 1.11 bits per heavy atom. The first-order valence-electron chi connectivity index (χ1n) is 11.6. The van der Waals surface area contributed by atoms with E-state index >= 15 is 0 Å². The number of likely N-dealkylation sites (tertiary alicyclic amines) is 1. The van der Waals surface area contributed by atoms with Crippen LogP contribution in [-0.4, -0.2) is 51.0 Å². The van der Waals surface area contributed by atoms with Crippen molar-refractivity contribution < 1.29 is 26.7 Å². The molecule has 1 fully saturated rings. The Bertz CT molecular complexity index is 1420. The molecule has 37 heavy (non-hydrogen) atoms. The summed E-state index contributed by atoms with van der Waals surface area (Å²) < 4.78 is 60.5. The van der Waals surface area contributed by atoms with Crippen LogP contribution in [-0.2, 0) is 14.8 Å². The van der Waals surface area contributed by atoms with Gasteiger partial charge >= 0.3 is 0 Å². The Hall–Kier alpha value is -3.93. The number of aromatic nitrogens is 1. The zero-order chi connectivity index (χ0) is 26.6. The first-order valence-corrected chi connectivity index (χ1v) is 13.1. The highest BCUT2D eigenvalue weighted by molar-refractivity contribution is 7.92. The minimum Gasteiger partial charge on any atom is -0.480 e. The first-order chi connectivity index (χ1) is 17.7. The summed E-state index contributed by atoms with van der Waals surface area (Å²) in [5.74, 6) is -1.96. The van der Waals surface area contributed by atoms with E-state index in [0.29, 0.717) is 48.1 Å². The number of carbonyl (C=O) groups excluding carboxylic acids is 1. The van der Waals surface area contributed by atoms with Gasteiger partial charge in [-0.25, -0.2) is 22.2 Å². The van der Waals surface area contributed by atoms with E-state index < -0.39 is 26.6 Å². The number of nitrogens with two attached hydrogens (primary N) is 1. The fraction of sp³-hybridized carbons (Fsp3) is 0.280. The molecule has 0 atom stereocenters. The normalized spacial score (nSPS) is 13.6. The third kappa shape index (κ3) is 6.08. The third-order valence-electron chi connectivity index (χ3n) is 5.95. The molecule has 0 radical (unpaired) electrons. The second-order valence-electron chi connectivity index (χ2n) is 8.53. The molecule has 1 aliphatic rings. The highest BCUT2D eigenvalue weighted by atomic mass is 32.2. The number of nitrogens with zero attached hydrogens (tertiary/aromatic N) is 2. The second kappa shape index (κ2) is 11.0. The van der Waals surface area contributed by atoms with Crippen LogP contribution < -0.4 is 20.5 Å². The van der Waals surface area contributed by atoms with Crippen molar-refractivity contribution in [2.45, 2.75) is 24.2 Å². The van der Waals surface area contributed by atoms with Crippen LogP contribution in [0.2, 0.25) is 0 Å². The molecule has 2 aromatic carbocycles. The van der Waals surface area contributed by atoms with Gasteiger partial charge in [-0.05, 0) is 48.7 Å². The Balaban J connectivity index is 1.53. The summed E-state index contributed by atoms with van der Waals surface area (Å²) >= 11 is 0. The molecule has 0 aliphatic carbocycles. The summed E-state index contributed by atoms with van der Waals surface area (Å²) in [6, 6.07) is 8.96. The van der Waals surface area contributed by atoms with E-state index in [9.17, 15) is 22.0 Å². The molecule has 1 aromatic heterocycles. The number of rotatable bonds is 10. The standard InChI is InChI=1S/C25H27F2N5O4S/c1-36-25-22(31-37(34,35)23-8-6-18(26)14-19(23)27)13-17(15-30-25)16-5-7-20(28)21(12-16)29-9-3-11-32-10-2-4-24(32)33/h5-8,12-15,29,31H,2-4,9-11,28H2,1H3. The maximum Gasteiger partial charge on any atom is 0.264 e. The average molecular weight is 532 g/mol. The quantitative estimate of drug-likeness (QED) is 0.268. The lowest BCUT2D eigenvalue weighted by atomic mass is 10.1. The van der Waals surface area contributed by atoms with Crippen LogP contribution in [0.4, 0.5) is 25.8 Å². The lowest BCUT2D eigenvalue weighted by molar-refractivity contribution is -0.127. The zero-order valence-corrected chi connectivity index (χ0v) is 20.9. The van der Waals surface area contributed by atoms with E-state index in [1.807, 2.05) is 4.90 Å². The molecular weight excluding hydrogens is 504 g/mol. The Morgan fingerprint density at radius 2 is 1.89 bits per heavy atom. The third-order valence-corrected chi connectivity index (χ3v) is 7.35. The number of ether oxygens (including phenoxy) is 1. The van der Waals surface area contributed by atoms with Crippen molar-refractivity contribution in [2.24, 2.45) is 0 Å². The van der Waals surface area contributed by atoms with Crippen molar-refractivity contribution in [2.75, 3.05) is 42.5 Å². The number of sulfonamides is 1. The monoisotopic (exact) mass is 531 g/mol. The molecule has 196 valence electrons. The summed E-state index contributed by atoms with van der Waals surface area (Å²) in [6.07, 6.45) is 3.76. The summed E-state index contributed by atoms with van der Waals surface area (Å²) in [5.41, 5.74) is 8.54. The van der Waals surface area contributed by atoms with Gasteiger partial charge in [0.15, 0.2) is 0 Å². The van der Waals surface area contributed by atoms with Gasteiger partial charge in [0.05, 0.1) is 18.5 Å². The van der Waals surface area contributed by atoms with Crippen molar-refractivity contribution in [1.82, 2.24) is 9.88 Å². The number of benzene rings is 2. The summed E-state index contributed by atoms with van der Waals surface area (Å²) in [4.78, 5) is 17.1. The summed E-state index contributed by atoms with van der Waals surface area (Å²) in [5, 5.41) is 3.28. The zero-order valence-electron chi connectivity index (χ0n) is 20.1. The van der Waals surface area contributed by atoms with Gasteiger partial charge in [0.2, 0.25) is 11.8 Å². The number of hydrogen-bond acceptors (Lipinski definition) is 7. The van der Waals surface area contributed by atoms with E-state index in [-0.39, 0.29) is 17.5 Å². The number of pyridine rings is 1. The molecule has 0 bridgehead atoms. The van der Waals surface area contributed by atoms with Crippen molar-refractivity contribution >= 4 is 33.0 Å². The highest BCUT2D eigenvalue weighted by Crippen LogP contribution is 2.33. The minimum atomic E-state index is -4.41. The van der Waals surface area contributed by atoms with Gasteiger partial charge in [0, 0.05) is 43.9 Å². The van der Waals surface area contributed by atoms with Gasteiger partial charge in [0.25, 0.3) is 10.0 Å². The maximum absolute atomic E-state index is 14.1. The van der Waals surface area contributed by atoms with Crippen molar-refractivity contribution in [3.8, 4) is 17.0 Å². The van der Waals surface area contributed by atoms with Gasteiger partial charge in [0.1, 0.15) is 22.2 Å². The predicted octanol–water partition coefficient (Wildman–Crippen LogP) is 3.84. The molecule has 9 nitrogen and oxygen atoms in total. The molecular formula is C25H27F2N5O4S. The van der Waals surface area contributed by atoms with Gasteiger partial charge < -0.3 is 20.7 Å². The summed E-state index contributed by atoms with van der Waals surface area (Å²) in [6.45, 7) is 2.07. The Labute approximate surface area is 213 Å². The number of nitrogens with one attached hydrogen (secondary N) is 2.